The molecule has 1 atom stereocenters. The molecule has 4 aromatic rings. The number of aromatic hydroxyl groups is 1. The number of anilines is 1. The van der Waals surface area contributed by atoms with Gasteiger partial charge in [-0.1, -0.05) is 55.5 Å². The van der Waals surface area contributed by atoms with Gasteiger partial charge in [0.25, 0.3) is 30.4 Å². The van der Waals surface area contributed by atoms with Gasteiger partial charge in [-0.05, 0) is 102 Å². The maximum absolute atomic E-state index is 12.5. The van der Waals surface area contributed by atoms with E-state index in [2.05, 4.69) is 0 Å². The molecule has 0 amide bonds. The minimum Gasteiger partial charge on any atom is -0.508 e. The molecule has 0 fully saturated rings. The summed E-state index contributed by atoms with van der Waals surface area (Å²) in [6.45, 7) is 4.68. The number of rotatable bonds is 12. The van der Waals surface area contributed by atoms with Crippen molar-refractivity contribution in [2.24, 2.45) is 4.99 Å². The Morgan fingerprint density at radius 2 is 1.33 bits per heavy atom. The SMILES string of the molecule is CCC(N=C1C=CC(=C(c2ccc(N(CC)Cc3cccc(S(=O)(=O)O)c3)cc2)c2ccc(O)cc2S(=O)(=O)O)C=C1)c1cccc(S(=O)(=O)O)c1. The summed E-state index contributed by atoms with van der Waals surface area (Å²) >= 11 is 0. The van der Waals surface area contributed by atoms with Crippen LogP contribution in [-0.4, -0.2) is 56.3 Å². The largest absolute Gasteiger partial charge is 0.508 e. The number of hydrogen-bond acceptors (Lipinski definition) is 9. The highest BCUT2D eigenvalue weighted by atomic mass is 32.2. The molecule has 1 aliphatic carbocycles. The highest BCUT2D eigenvalue weighted by molar-refractivity contribution is 7.86. The van der Waals surface area contributed by atoms with Gasteiger partial charge in [0.15, 0.2) is 0 Å². The second-order valence-corrected chi connectivity index (χ2v) is 16.1. The first-order valence-electron chi connectivity index (χ1n) is 16.0. The Labute approximate surface area is 303 Å². The Morgan fingerprint density at radius 3 is 1.90 bits per heavy atom. The van der Waals surface area contributed by atoms with E-state index in [4.69, 9.17) is 4.99 Å². The molecule has 0 saturated heterocycles. The summed E-state index contributed by atoms with van der Waals surface area (Å²) in [4.78, 5) is 5.79. The van der Waals surface area contributed by atoms with Crippen LogP contribution >= 0.6 is 0 Å². The first kappa shape index (κ1) is 38.3. The third-order valence-electron chi connectivity index (χ3n) is 8.37. The Kier molecular flexibility index (Phi) is 11.3. The molecule has 0 radical (unpaired) electrons. The molecule has 0 saturated carbocycles. The monoisotopic (exact) mass is 764 g/mol. The lowest BCUT2D eigenvalue weighted by molar-refractivity contribution is 0.466. The summed E-state index contributed by atoms with van der Waals surface area (Å²) < 4.78 is 101. The topological polar surface area (TPSA) is 199 Å². The molecular formula is C37H36N2O10S3. The van der Waals surface area contributed by atoms with E-state index < -0.39 is 41.3 Å². The lowest BCUT2D eigenvalue weighted by Crippen LogP contribution is -2.22. The van der Waals surface area contributed by atoms with E-state index in [1.807, 2.05) is 30.9 Å². The first-order valence-corrected chi connectivity index (χ1v) is 20.3. The van der Waals surface area contributed by atoms with Crippen molar-refractivity contribution < 1.29 is 44.0 Å². The van der Waals surface area contributed by atoms with Gasteiger partial charge in [-0.3, -0.25) is 18.7 Å². The number of benzene rings is 4. The molecule has 4 N–H and O–H groups in total. The van der Waals surface area contributed by atoms with Gasteiger partial charge in [-0.25, -0.2) is 0 Å². The van der Waals surface area contributed by atoms with E-state index in [0.717, 1.165) is 11.8 Å². The summed E-state index contributed by atoms with van der Waals surface area (Å²) in [7, 11) is -13.6. The van der Waals surface area contributed by atoms with Crippen molar-refractivity contribution in [3.8, 4) is 5.75 Å². The van der Waals surface area contributed by atoms with Crippen LogP contribution in [0.25, 0.3) is 5.57 Å². The van der Waals surface area contributed by atoms with Crippen molar-refractivity contribution in [3.63, 3.8) is 0 Å². The maximum atomic E-state index is 12.5. The second-order valence-electron chi connectivity index (χ2n) is 11.9. The minimum absolute atomic E-state index is 0.126. The first-order chi connectivity index (χ1) is 24.5. The second kappa shape index (κ2) is 15.4. The molecule has 0 aliphatic heterocycles. The molecule has 0 aromatic heterocycles. The highest BCUT2D eigenvalue weighted by Crippen LogP contribution is 2.36. The van der Waals surface area contributed by atoms with Crippen molar-refractivity contribution in [2.45, 2.75) is 47.5 Å². The van der Waals surface area contributed by atoms with Crippen LogP contribution < -0.4 is 4.90 Å². The van der Waals surface area contributed by atoms with Crippen LogP contribution in [0, 0.1) is 0 Å². The number of nitrogens with zero attached hydrogens (tertiary/aromatic N) is 2. The molecule has 4 aromatic carbocycles. The molecule has 15 heteroatoms. The summed E-state index contributed by atoms with van der Waals surface area (Å²) in [6, 6.07) is 22.3. The van der Waals surface area contributed by atoms with Crippen LogP contribution in [0.4, 0.5) is 5.69 Å². The van der Waals surface area contributed by atoms with Gasteiger partial charge in [0.1, 0.15) is 10.6 Å². The smallest absolute Gasteiger partial charge is 0.295 e. The normalized spacial score (nSPS) is 13.9. The fraction of sp³-hybridized carbons (Fsp3) is 0.162. The van der Waals surface area contributed by atoms with Crippen LogP contribution in [0.5, 0.6) is 5.75 Å². The van der Waals surface area contributed by atoms with Gasteiger partial charge < -0.3 is 10.0 Å². The Bertz CT molecular complexity index is 2430. The summed E-state index contributed by atoms with van der Waals surface area (Å²) in [5.74, 6) is -0.361. The van der Waals surface area contributed by atoms with Gasteiger partial charge in [0.2, 0.25) is 0 Å². The molecule has 0 heterocycles. The molecule has 12 nitrogen and oxygen atoms in total. The zero-order valence-corrected chi connectivity index (χ0v) is 30.5. The predicted octanol–water partition coefficient (Wildman–Crippen LogP) is 6.68. The fourth-order valence-corrected chi connectivity index (χ4v) is 7.64. The molecular weight excluding hydrogens is 729 g/mol. The molecule has 0 bridgehead atoms. The summed E-state index contributed by atoms with van der Waals surface area (Å²) in [5.41, 5.74) is 4.21. The average Bonchev–Trinajstić information content (AvgIpc) is 3.10. The molecule has 5 rings (SSSR count). The van der Waals surface area contributed by atoms with Crippen LogP contribution in [0.1, 0.15) is 48.6 Å². The maximum Gasteiger partial charge on any atom is 0.295 e. The number of phenols is 1. The molecule has 272 valence electrons. The van der Waals surface area contributed by atoms with Crippen LogP contribution in [0.3, 0.4) is 0 Å². The van der Waals surface area contributed by atoms with Gasteiger partial charge >= 0.3 is 0 Å². The van der Waals surface area contributed by atoms with E-state index in [1.54, 1.807) is 54.6 Å². The molecule has 52 heavy (non-hydrogen) atoms. The fourth-order valence-electron chi connectivity index (χ4n) is 5.84. The van der Waals surface area contributed by atoms with Crippen molar-refractivity contribution in [3.05, 3.63) is 143 Å². The van der Waals surface area contributed by atoms with Gasteiger partial charge in [0, 0.05) is 30.4 Å². The van der Waals surface area contributed by atoms with Gasteiger partial charge in [-0.15, -0.1) is 0 Å². The van der Waals surface area contributed by atoms with Crippen molar-refractivity contribution >= 4 is 47.3 Å². The molecule has 0 spiro atoms. The Hall–Kier alpha value is -4.90. The Morgan fingerprint density at radius 1 is 0.712 bits per heavy atom. The van der Waals surface area contributed by atoms with Crippen molar-refractivity contribution in [2.75, 3.05) is 11.4 Å². The zero-order valence-electron chi connectivity index (χ0n) is 28.0. The predicted molar refractivity (Wildman–Crippen MR) is 198 cm³/mol. The highest BCUT2D eigenvalue weighted by Gasteiger charge is 2.23. The van der Waals surface area contributed by atoms with E-state index in [-0.39, 0.29) is 21.1 Å². The van der Waals surface area contributed by atoms with Crippen LogP contribution in [-0.2, 0) is 36.9 Å². The standard InChI is InChI=1S/C37H36N2O10S3/c1-3-35(28-8-6-10-33(22-28)51(44,45)46)38-29-15-11-26(12-16-29)37(34-20-19-31(40)23-36(34)52(47,48)49)27-13-17-30(18-14-27)39(4-2)24-25-7-5-9-32(21-25)50(41,42)43/h5-23,35,40H,3-4,24H2,1-2H3,(H,41,42,43)(H,44,45,46)(H,47,48,49). The van der Waals surface area contributed by atoms with Crippen LogP contribution in [0.15, 0.2) is 141 Å². The third-order valence-corrected chi connectivity index (χ3v) is 11.0. The summed E-state index contributed by atoms with van der Waals surface area (Å²) in [5, 5.41) is 10.1. The van der Waals surface area contributed by atoms with E-state index in [1.165, 1.54) is 42.5 Å². The van der Waals surface area contributed by atoms with Crippen LogP contribution in [0.2, 0.25) is 0 Å². The average molecular weight is 765 g/mol. The van der Waals surface area contributed by atoms with E-state index in [9.17, 15) is 44.0 Å². The summed E-state index contributed by atoms with van der Waals surface area (Å²) in [6.07, 6.45) is 7.40. The zero-order chi connectivity index (χ0) is 37.8. The third kappa shape index (κ3) is 9.11. The lowest BCUT2D eigenvalue weighted by Gasteiger charge is -2.24. The number of phenolic OH excluding ortho intramolecular Hbond substituents is 1. The van der Waals surface area contributed by atoms with E-state index in [0.29, 0.717) is 53.1 Å². The number of allylic oxidation sites excluding steroid dienone is 5. The molecule has 1 unspecified atom stereocenters. The lowest BCUT2D eigenvalue weighted by atomic mass is 9.90. The van der Waals surface area contributed by atoms with Crippen molar-refractivity contribution in [1.29, 1.82) is 0 Å². The van der Waals surface area contributed by atoms with Crippen molar-refractivity contribution in [1.82, 2.24) is 0 Å². The molecule has 1 aliphatic rings. The number of aliphatic imine (C=N–C) groups is 1. The quantitative estimate of drug-likeness (QED) is 0.112. The minimum atomic E-state index is -4.79. The van der Waals surface area contributed by atoms with E-state index >= 15 is 0 Å². The van der Waals surface area contributed by atoms with Gasteiger partial charge in [-0.2, -0.15) is 25.3 Å². The Balaban J connectivity index is 1.55. The van der Waals surface area contributed by atoms with Gasteiger partial charge in [0.05, 0.1) is 21.5 Å². The number of hydrogen-bond donors (Lipinski definition) is 4.